The van der Waals surface area contributed by atoms with Gasteiger partial charge in [-0.1, -0.05) is 39.0 Å². The number of fused-ring (bicyclic) bond motifs is 1. The van der Waals surface area contributed by atoms with E-state index in [4.69, 9.17) is 0 Å². The first-order chi connectivity index (χ1) is 6.98. The van der Waals surface area contributed by atoms with Crippen LogP contribution in [0.25, 0.3) is 0 Å². The Balaban J connectivity index is 2.44. The largest absolute Gasteiger partial charge is 0.388 e. The topological polar surface area (TPSA) is 20.2 Å². The Morgan fingerprint density at radius 3 is 2.73 bits per heavy atom. The lowest BCUT2D eigenvalue weighted by Crippen LogP contribution is -2.15. The van der Waals surface area contributed by atoms with Gasteiger partial charge >= 0.3 is 0 Å². The first kappa shape index (κ1) is 11.0. The minimum Gasteiger partial charge on any atom is -0.388 e. The van der Waals surface area contributed by atoms with Crippen LogP contribution in [0.1, 0.15) is 43.6 Å². The van der Waals surface area contributed by atoms with Crippen molar-refractivity contribution in [3.63, 3.8) is 0 Å². The SMILES string of the molecule is CC(C)(C)c1ccc2c(c1)[C@H](O)CSC2. The maximum atomic E-state index is 9.93. The van der Waals surface area contributed by atoms with Crippen molar-refractivity contribution >= 4 is 11.8 Å². The van der Waals surface area contributed by atoms with Crippen LogP contribution in [-0.4, -0.2) is 10.9 Å². The Labute approximate surface area is 95.9 Å². The maximum Gasteiger partial charge on any atom is 0.0883 e. The molecule has 2 rings (SSSR count). The van der Waals surface area contributed by atoms with E-state index >= 15 is 0 Å². The minimum absolute atomic E-state index is 0.166. The van der Waals surface area contributed by atoms with Gasteiger partial charge in [0, 0.05) is 11.5 Å². The fourth-order valence-corrected chi connectivity index (χ4v) is 2.88. The van der Waals surface area contributed by atoms with Crippen molar-refractivity contribution in [3.8, 4) is 0 Å². The minimum atomic E-state index is -0.277. The molecule has 0 bridgehead atoms. The van der Waals surface area contributed by atoms with E-state index < -0.39 is 0 Å². The van der Waals surface area contributed by atoms with Crippen LogP contribution in [0, 0.1) is 0 Å². The predicted octanol–water partition coefficient (Wildman–Crippen LogP) is 3.26. The van der Waals surface area contributed by atoms with Gasteiger partial charge < -0.3 is 5.11 Å². The number of aliphatic hydroxyl groups excluding tert-OH is 1. The van der Waals surface area contributed by atoms with E-state index in [1.807, 2.05) is 11.8 Å². The molecule has 1 nitrogen and oxygen atoms in total. The zero-order chi connectivity index (χ0) is 11.1. The highest BCUT2D eigenvalue weighted by Gasteiger charge is 2.21. The molecular weight excluding hydrogens is 204 g/mol. The lowest BCUT2D eigenvalue weighted by molar-refractivity contribution is 0.201. The normalized spacial score (nSPS) is 21.2. The van der Waals surface area contributed by atoms with Crippen LogP contribution < -0.4 is 0 Å². The molecule has 0 saturated carbocycles. The molecule has 2 heteroatoms. The van der Waals surface area contributed by atoms with Gasteiger partial charge in [-0.3, -0.25) is 0 Å². The van der Waals surface area contributed by atoms with Gasteiger partial charge in [0.25, 0.3) is 0 Å². The lowest BCUT2D eigenvalue weighted by Gasteiger charge is -2.25. The smallest absolute Gasteiger partial charge is 0.0883 e. The number of rotatable bonds is 0. The molecule has 0 saturated heterocycles. The third kappa shape index (κ3) is 2.21. The van der Waals surface area contributed by atoms with Crippen LogP contribution in [-0.2, 0) is 11.2 Å². The first-order valence-corrected chi connectivity index (χ1v) is 6.53. The summed E-state index contributed by atoms with van der Waals surface area (Å²) in [6, 6.07) is 6.54. The van der Waals surface area contributed by atoms with Crippen molar-refractivity contribution < 1.29 is 5.11 Å². The van der Waals surface area contributed by atoms with Crippen molar-refractivity contribution in [1.29, 1.82) is 0 Å². The first-order valence-electron chi connectivity index (χ1n) is 5.37. The highest BCUT2D eigenvalue weighted by Crippen LogP contribution is 2.34. The van der Waals surface area contributed by atoms with Gasteiger partial charge in [-0.2, -0.15) is 11.8 Å². The molecule has 1 aromatic rings. The number of hydrogen-bond acceptors (Lipinski definition) is 2. The molecule has 0 spiro atoms. The Bertz CT molecular complexity index is 365. The Kier molecular flexibility index (Phi) is 2.82. The lowest BCUT2D eigenvalue weighted by atomic mass is 9.84. The van der Waals surface area contributed by atoms with Gasteiger partial charge in [-0.25, -0.2) is 0 Å². The summed E-state index contributed by atoms with van der Waals surface area (Å²) in [5.74, 6) is 1.87. The van der Waals surface area contributed by atoms with Crippen molar-refractivity contribution in [2.45, 2.75) is 38.0 Å². The molecule has 0 unspecified atom stereocenters. The maximum absolute atomic E-state index is 9.93. The fourth-order valence-electron chi connectivity index (χ4n) is 1.87. The summed E-state index contributed by atoms with van der Waals surface area (Å²) in [7, 11) is 0. The molecule has 0 aromatic heterocycles. The van der Waals surface area contributed by atoms with E-state index in [0.717, 1.165) is 17.1 Å². The van der Waals surface area contributed by atoms with Gasteiger partial charge in [-0.05, 0) is 22.1 Å². The molecule has 82 valence electrons. The second-order valence-electron chi connectivity index (χ2n) is 5.19. The number of hydrogen-bond donors (Lipinski definition) is 1. The number of thioether (sulfide) groups is 1. The summed E-state index contributed by atoms with van der Waals surface area (Å²) in [5, 5.41) is 9.93. The average Bonchev–Trinajstić information content (AvgIpc) is 2.16. The summed E-state index contributed by atoms with van der Waals surface area (Å²) < 4.78 is 0. The van der Waals surface area contributed by atoms with Crippen LogP contribution in [0.15, 0.2) is 18.2 Å². The third-order valence-corrected chi connectivity index (χ3v) is 3.97. The second-order valence-corrected chi connectivity index (χ2v) is 6.22. The van der Waals surface area contributed by atoms with Crippen molar-refractivity contribution in [2.75, 3.05) is 5.75 Å². The Morgan fingerprint density at radius 1 is 1.33 bits per heavy atom. The van der Waals surface area contributed by atoms with Crippen molar-refractivity contribution in [1.82, 2.24) is 0 Å². The van der Waals surface area contributed by atoms with Gasteiger partial charge in [0.1, 0.15) is 0 Å². The summed E-state index contributed by atoms with van der Waals surface area (Å²) in [6.07, 6.45) is -0.277. The summed E-state index contributed by atoms with van der Waals surface area (Å²) in [5.41, 5.74) is 3.92. The van der Waals surface area contributed by atoms with E-state index in [2.05, 4.69) is 39.0 Å². The van der Waals surface area contributed by atoms with E-state index in [1.165, 1.54) is 11.1 Å². The van der Waals surface area contributed by atoms with E-state index in [0.29, 0.717) is 0 Å². The molecular formula is C13H18OS. The van der Waals surface area contributed by atoms with Gasteiger partial charge in [0.2, 0.25) is 0 Å². The monoisotopic (exact) mass is 222 g/mol. The quantitative estimate of drug-likeness (QED) is 0.727. The van der Waals surface area contributed by atoms with Crippen molar-refractivity contribution in [2.24, 2.45) is 0 Å². The Hall–Kier alpha value is -0.470. The molecule has 0 amide bonds. The highest BCUT2D eigenvalue weighted by atomic mass is 32.2. The molecule has 1 aliphatic heterocycles. The van der Waals surface area contributed by atoms with E-state index in [1.54, 1.807) is 0 Å². The number of benzene rings is 1. The molecule has 1 aromatic carbocycles. The molecule has 15 heavy (non-hydrogen) atoms. The van der Waals surface area contributed by atoms with E-state index in [9.17, 15) is 5.11 Å². The van der Waals surface area contributed by atoms with Gasteiger partial charge in [-0.15, -0.1) is 0 Å². The molecule has 1 aliphatic rings. The fraction of sp³-hybridized carbons (Fsp3) is 0.538. The summed E-state index contributed by atoms with van der Waals surface area (Å²) >= 11 is 1.81. The highest BCUT2D eigenvalue weighted by molar-refractivity contribution is 7.98. The Morgan fingerprint density at radius 2 is 2.07 bits per heavy atom. The molecule has 0 fully saturated rings. The predicted molar refractivity (Wildman–Crippen MR) is 66.3 cm³/mol. The third-order valence-electron chi connectivity index (χ3n) is 2.90. The molecule has 0 radical (unpaired) electrons. The molecule has 0 aliphatic carbocycles. The standard InChI is InChI=1S/C13H18OS/c1-13(2,3)10-5-4-9-7-15-8-12(14)11(9)6-10/h4-6,12,14H,7-8H2,1-3H3/t12-/m1/s1. The van der Waals surface area contributed by atoms with Crippen LogP contribution in [0.2, 0.25) is 0 Å². The molecule has 1 atom stereocenters. The molecule has 1 heterocycles. The van der Waals surface area contributed by atoms with Gasteiger partial charge in [0.05, 0.1) is 6.10 Å². The van der Waals surface area contributed by atoms with Crippen LogP contribution in [0.4, 0.5) is 0 Å². The molecule has 1 N–H and O–H groups in total. The zero-order valence-electron chi connectivity index (χ0n) is 9.58. The number of aliphatic hydroxyl groups is 1. The van der Waals surface area contributed by atoms with Crippen LogP contribution in [0.3, 0.4) is 0 Å². The summed E-state index contributed by atoms with van der Waals surface area (Å²) in [4.78, 5) is 0. The van der Waals surface area contributed by atoms with Crippen molar-refractivity contribution in [3.05, 3.63) is 34.9 Å². The zero-order valence-corrected chi connectivity index (χ0v) is 10.4. The van der Waals surface area contributed by atoms with E-state index in [-0.39, 0.29) is 11.5 Å². The van der Waals surface area contributed by atoms with Gasteiger partial charge in [0.15, 0.2) is 0 Å². The second kappa shape index (κ2) is 3.84. The summed E-state index contributed by atoms with van der Waals surface area (Å²) in [6.45, 7) is 6.62. The average molecular weight is 222 g/mol. The van der Waals surface area contributed by atoms with Crippen LogP contribution in [0.5, 0.6) is 0 Å². The van der Waals surface area contributed by atoms with Crippen LogP contribution >= 0.6 is 11.8 Å².